The van der Waals surface area contributed by atoms with Gasteiger partial charge in [-0.05, 0) is 26.0 Å². The average molecular weight is 199 g/mol. The van der Waals surface area contributed by atoms with Crippen LogP contribution >= 0.6 is 11.6 Å². The summed E-state index contributed by atoms with van der Waals surface area (Å²) < 4.78 is 5.40. The number of ether oxygens (including phenoxy) is 1. The summed E-state index contributed by atoms with van der Waals surface area (Å²) in [6.07, 6.45) is 0.773. The Labute approximate surface area is 82.5 Å². The molecule has 0 N–H and O–H groups in total. The second kappa shape index (κ2) is 4.28. The van der Waals surface area contributed by atoms with Crippen LogP contribution in [0.5, 0.6) is 5.75 Å². The van der Waals surface area contributed by atoms with E-state index in [1.807, 2.05) is 13.8 Å². The number of carbonyl (C=O) groups excluding carboxylic acids is 1. The summed E-state index contributed by atoms with van der Waals surface area (Å²) in [4.78, 5) is 10.5. The smallest absolute Gasteiger partial charge is 0.151 e. The van der Waals surface area contributed by atoms with Gasteiger partial charge in [0.05, 0.1) is 11.1 Å². The summed E-state index contributed by atoms with van der Waals surface area (Å²) in [5, 5.41) is 0.381. The standard InChI is InChI=1S/C10H11ClO2/c1-7(2)13-9-5-3-4-8(6-12)10(9)11/h3-7H,1-2H3. The van der Waals surface area contributed by atoms with Crippen molar-refractivity contribution in [1.29, 1.82) is 0 Å². The van der Waals surface area contributed by atoms with E-state index in [-0.39, 0.29) is 6.10 Å². The van der Waals surface area contributed by atoms with E-state index in [9.17, 15) is 4.79 Å². The largest absolute Gasteiger partial charge is 0.489 e. The van der Waals surface area contributed by atoms with Gasteiger partial charge in [-0.15, -0.1) is 0 Å². The van der Waals surface area contributed by atoms with Crippen LogP contribution < -0.4 is 4.74 Å². The van der Waals surface area contributed by atoms with E-state index in [0.717, 1.165) is 6.29 Å². The Balaban J connectivity index is 3.01. The van der Waals surface area contributed by atoms with Crippen molar-refractivity contribution in [1.82, 2.24) is 0 Å². The van der Waals surface area contributed by atoms with Gasteiger partial charge in [0.15, 0.2) is 6.29 Å². The lowest BCUT2D eigenvalue weighted by molar-refractivity contribution is 0.112. The zero-order valence-electron chi connectivity index (χ0n) is 7.58. The first-order valence-electron chi connectivity index (χ1n) is 4.05. The zero-order valence-corrected chi connectivity index (χ0v) is 8.34. The van der Waals surface area contributed by atoms with Crippen LogP contribution in [0.4, 0.5) is 0 Å². The predicted molar refractivity (Wildman–Crippen MR) is 52.6 cm³/mol. The van der Waals surface area contributed by atoms with Crippen molar-refractivity contribution in [2.75, 3.05) is 0 Å². The van der Waals surface area contributed by atoms with Crippen LogP contribution in [0.2, 0.25) is 5.02 Å². The summed E-state index contributed by atoms with van der Waals surface area (Å²) >= 11 is 5.90. The number of hydrogen-bond donors (Lipinski definition) is 0. The highest BCUT2D eigenvalue weighted by Gasteiger charge is 2.07. The lowest BCUT2D eigenvalue weighted by Crippen LogP contribution is -2.06. The molecule has 0 radical (unpaired) electrons. The molecule has 0 aliphatic heterocycles. The van der Waals surface area contributed by atoms with Crippen molar-refractivity contribution in [2.24, 2.45) is 0 Å². The van der Waals surface area contributed by atoms with E-state index in [2.05, 4.69) is 0 Å². The third-order valence-electron chi connectivity index (χ3n) is 1.48. The van der Waals surface area contributed by atoms with Crippen molar-refractivity contribution < 1.29 is 9.53 Å². The summed E-state index contributed by atoms with van der Waals surface area (Å²) in [6.45, 7) is 3.81. The molecule has 0 amide bonds. The molecule has 0 atom stereocenters. The maximum atomic E-state index is 10.5. The molecule has 13 heavy (non-hydrogen) atoms. The van der Waals surface area contributed by atoms with E-state index in [0.29, 0.717) is 16.3 Å². The van der Waals surface area contributed by atoms with Crippen molar-refractivity contribution in [3.8, 4) is 5.75 Å². The minimum atomic E-state index is 0.0550. The molecule has 0 aromatic heterocycles. The van der Waals surface area contributed by atoms with Crippen LogP contribution in [0, 0.1) is 0 Å². The molecule has 0 aliphatic carbocycles. The fourth-order valence-corrected chi connectivity index (χ4v) is 1.18. The van der Waals surface area contributed by atoms with Gasteiger partial charge in [0.1, 0.15) is 5.75 Å². The predicted octanol–water partition coefficient (Wildman–Crippen LogP) is 2.94. The second-order valence-corrected chi connectivity index (χ2v) is 3.32. The summed E-state index contributed by atoms with van der Waals surface area (Å²) in [6, 6.07) is 5.14. The Morgan fingerprint density at radius 1 is 1.46 bits per heavy atom. The minimum absolute atomic E-state index is 0.0550. The van der Waals surface area contributed by atoms with Gasteiger partial charge < -0.3 is 4.74 Å². The quantitative estimate of drug-likeness (QED) is 0.698. The molecule has 0 unspecified atom stereocenters. The molecule has 1 aromatic rings. The number of hydrogen-bond acceptors (Lipinski definition) is 2. The zero-order chi connectivity index (χ0) is 9.84. The van der Waals surface area contributed by atoms with Crippen molar-refractivity contribution in [2.45, 2.75) is 20.0 Å². The maximum Gasteiger partial charge on any atom is 0.151 e. The Morgan fingerprint density at radius 3 is 2.69 bits per heavy atom. The highest BCUT2D eigenvalue weighted by Crippen LogP contribution is 2.27. The monoisotopic (exact) mass is 198 g/mol. The Morgan fingerprint density at radius 2 is 2.15 bits per heavy atom. The molecule has 3 heteroatoms. The molecule has 0 heterocycles. The molecule has 0 aliphatic rings. The Kier molecular flexibility index (Phi) is 3.32. The topological polar surface area (TPSA) is 26.3 Å². The van der Waals surface area contributed by atoms with Crippen LogP contribution in [0.1, 0.15) is 24.2 Å². The summed E-state index contributed by atoms with van der Waals surface area (Å²) in [7, 11) is 0. The van der Waals surface area contributed by atoms with E-state index < -0.39 is 0 Å². The van der Waals surface area contributed by atoms with Crippen LogP contribution in [0.3, 0.4) is 0 Å². The molecular weight excluding hydrogens is 188 g/mol. The molecular formula is C10H11ClO2. The third kappa shape index (κ3) is 2.46. The second-order valence-electron chi connectivity index (χ2n) is 2.94. The number of aldehydes is 1. The summed E-state index contributed by atoms with van der Waals surface area (Å²) in [5.41, 5.74) is 0.458. The fraction of sp³-hybridized carbons (Fsp3) is 0.300. The van der Waals surface area contributed by atoms with Crippen LogP contribution in [-0.2, 0) is 0 Å². The van der Waals surface area contributed by atoms with Crippen molar-refractivity contribution in [3.05, 3.63) is 28.8 Å². The van der Waals surface area contributed by atoms with E-state index >= 15 is 0 Å². The molecule has 0 saturated heterocycles. The Hall–Kier alpha value is -1.02. The number of benzene rings is 1. The lowest BCUT2D eigenvalue weighted by Gasteiger charge is -2.11. The minimum Gasteiger partial charge on any atom is -0.489 e. The van der Waals surface area contributed by atoms with Gasteiger partial charge in [0.2, 0.25) is 0 Å². The third-order valence-corrected chi connectivity index (χ3v) is 1.89. The molecule has 2 nitrogen and oxygen atoms in total. The van der Waals surface area contributed by atoms with Gasteiger partial charge in [0, 0.05) is 5.56 Å². The van der Waals surface area contributed by atoms with Gasteiger partial charge in [-0.2, -0.15) is 0 Å². The average Bonchev–Trinajstić information content (AvgIpc) is 2.08. The fourth-order valence-electron chi connectivity index (χ4n) is 0.964. The normalized spacial score (nSPS) is 10.2. The van der Waals surface area contributed by atoms with E-state index in [4.69, 9.17) is 16.3 Å². The van der Waals surface area contributed by atoms with Crippen LogP contribution in [0.15, 0.2) is 18.2 Å². The highest BCUT2D eigenvalue weighted by atomic mass is 35.5. The molecule has 0 bridgehead atoms. The first-order chi connectivity index (χ1) is 6.15. The van der Waals surface area contributed by atoms with E-state index in [1.165, 1.54) is 0 Å². The number of rotatable bonds is 3. The molecule has 0 spiro atoms. The van der Waals surface area contributed by atoms with Gasteiger partial charge in [-0.25, -0.2) is 0 Å². The first-order valence-corrected chi connectivity index (χ1v) is 4.43. The molecule has 70 valence electrons. The maximum absolute atomic E-state index is 10.5. The number of halogens is 1. The van der Waals surface area contributed by atoms with Gasteiger partial charge in [0.25, 0.3) is 0 Å². The molecule has 1 aromatic carbocycles. The van der Waals surface area contributed by atoms with Crippen molar-refractivity contribution in [3.63, 3.8) is 0 Å². The Bertz CT molecular complexity index is 308. The van der Waals surface area contributed by atoms with Crippen molar-refractivity contribution >= 4 is 17.9 Å². The van der Waals surface area contributed by atoms with Gasteiger partial charge in [-0.3, -0.25) is 4.79 Å². The SMILES string of the molecule is CC(C)Oc1cccc(C=O)c1Cl. The molecule has 0 saturated carbocycles. The van der Waals surface area contributed by atoms with Crippen LogP contribution in [-0.4, -0.2) is 12.4 Å². The number of carbonyl (C=O) groups is 1. The van der Waals surface area contributed by atoms with Gasteiger partial charge in [-0.1, -0.05) is 17.7 Å². The van der Waals surface area contributed by atoms with Crippen LogP contribution in [0.25, 0.3) is 0 Å². The first kappa shape index (κ1) is 10.1. The van der Waals surface area contributed by atoms with E-state index in [1.54, 1.807) is 18.2 Å². The lowest BCUT2D eigenvalue weighted by atomic mass is 10.2. The molecule has 0 fully saturated rings. The summed E-state index contributed by atoms with van der Waals surface area (Å²) in [5.74, 6) is 0.557. The molecule has 1 rings (SSSR count). The highest BCUT2D eigenvalue weighted by molar-refractivity contribution is 6.34. The van der Waals surface area contributed by atoms with Gasteiger partial charge >= 0.3 is 0 Å².